The molecule has 12 aromatic rings. The van der Waals surface area contributed by atoms with Crippen LogP contribution in [0.4, 0.5) is 57.9 Å². The van der Waals surface area contributed by atoms with E-state index in [1.807, 2.05) is 0 Å². The maximum absolute atomic E-state index is 14.2. The molecule has 576 valence electrons. The molecule has 0 amide bonds. The molecule has 0 spiro atoms. The van der Waals surface area contributed by atoms with Crippen LogP contribution >= 0.6 is 0 Å². The van der Waals surface area contributed by atoms with E-state index in [2.05, 4.69) is 71.6 Å². The van der Waals surface area contributed by atoms with Gasteiger partial charge in [-0.3, -0.25) is 47.9 Å². The number of hydrogen-bond donors (Lipinski definition) is 4. The van der Waals surface area contributed by atoms with Gasteiger partial charge >= 0.3 is 11.9 Å². The number of Topliss-reactive ketones (excluding diaryl/α,β-unsaturated/α-hetero) is 4. The molecule has 0 saturated heterocycles. The van der Waals surface area contributed by atoms with E-state index in [0.29, 0.717) is 79.5 Å². The Hall–Kier alpha value is -14.1. The number of methoxy groups -OCH3 is 2. The normalized spacial score (nSPS) is 19.2. The maximum atomic E-state index is 14.2. The van der Waals surface area contributed by atoms with Gasteiger partial charge in [-0.15, -0.1) is 0 Å². The van der Waals surface area contributed by atoms with Crippen molar-refractivity contribution in [2.75, 3.05) is 48.6 Å². The number of esters is 2. The topological polar surface area (TPSA) is 317 Å². The predicted molar refractivity (Wildman–Crippen MR) is 394 cm³/mol. The molecule has 34 heteroatoms. The van der Waals surface area contributed by atoms with Crippen LogP contribution in [0.3, 0.4) is 0 Å². The monoisotopic (exact) mass is 1550 g/mol. The van der Waals surface area contributed by atoms with E-state index < -0.39 is 82.3 Å². The molecule has 6 aliphatic heterocycles. The fourth-order valence-electron chi connectivity index (χ4n) is 15.2. The van der Waals surface area contributed by atoms with E-state index >= 15 is 0 Å². The van der Waals surface area contributed by atoms with Crippen molar-refractivity contribution in [2.45, 2.75) is 47.8 Å². The summed E-state index contributed by atoms with van der Waals surface area (Å²) in [6, 6.07) is 30.8. The summed E-state index contributed by atoms with van der Waals surface area (Å²) >= 11 is 0. The average Bonchev–Trinajstić information content (AvgIpc) is 1.07. The summed E-state index contributed by atoms with van der Waals surface area (Å²) in [5, 5.41) is 29.3. The molecule has 10 heterocycles. The molecule has 4 aromatic heterocycles. The molecule has 0 saturated carbocycles. The van der Waals surface area contributed by atoms with E-state index in [9.17, 15) is 63.9 Å². The molecule has 6 aliphatic rings. The van der Waals surface area contributed by atoms with Gasteiger partial charge in [0.1, 0.15) is 120 Å². The molecule has 18 rings (SSSR count). The minimum atomic E-state index is -0.880. The molecule has 0 unspecified atom stereocenters. The van der Waals surface area contributed by atoms with E-state index in [4.69, 9.17) is 9.47 Å². The highest BCUT2D eigenvalue weighted by Gasteiger charge is 2.47. The third kappa shape index (κ3) is 14.0. The lowest BCUT2D eigenvalue weighted by molar-refractivity contribution is 0.0588. The second kappa shape index (κ2) is 30.6. The molecule has 0 aliphatic carbocycles. The van der Waals surface area contributed by atoms with E-state index in [0.717, 1.165) is 49.6 Å². The Morgan fingerprint density at radius 1 is 0.351 bits per heavy atom. The third-order valence-corrected chi connectivity index (χ3v) is 20.4. The Morgan fingerprint density at radius 2 is 0.605 bits per heavy atom. The van der Waals surface area contributed by atoms with Gasteiger partial charge < -0.3 is 30.7 Å². The Balaban J connectivity index is 0.000000120. The number of rotatable bonds is 10. The van der Waals surface area contributed by atoms with Crippen molar-refractivity contribution < 1.29 is 73.4 Å². The van der Waals surface area contributed by atoms with Crippen LogP contribution in [0, 0.1) is 46.5 Å². The van der Waals surface area contributed by atoms with Gasteiger partial charge in [0.15, 0.2) is 23.1 Å². The zero-order chi connectivity index (χ0) is 80.2. The van der Waals surface area contributed by atoms with Crippen LogP contribution in [0.25, 0.3) is 0 Å². The fourth-order valence-corrected chi connectivity index (χ4v) is 15.2. The molecule has 26 nitrogen and oxygen atoms in total. The Labute approximate surface area is 641 Å². The van der Waals surface area contributed by atoms with Gasteiger partial charge in [0.2, 0.25) is 0 Å². The minimum Gasteiger partial charge on any atom is -0.465 e. The lowest BCUT2D eigenvalue weighted by Crippen LogP contribution is -2.37. The molecule has 8 aromatic carbocycles. The highest BCUT2D eigenvalue weighted by Crippen LogP contribution is 2.49. The van der Waals surface area contributed by atoms with E-state index in [1.54, 1.807) is 61.8 Å². The second-order valence-corrected chi connectivity index (χ2v) is 27.0. The van der Waals surface area contributed by atoms with Crippen LogP contribution in [0.15, 0.2) is 181 Å². The Morgan fingerprint density at radius 3 is 0.868 bits per heavy atom. The Kier molecular flexibility index (Phi) is 20.3. The lowest BCUT2D eigenvalue weighted by Gasteiger charge is -2.37. The number of hydrogen-bond acceptors (Lipinski definition) is 22. The van der Waals surface area contributed by atoms with Crippen molar-refractivity contribution in [3.05, 3.63) is 307 Å². The first-order chi connectivity index (χ1) is 54.9. The second-order valence-electron chi connectivity index (χ2n) is 27.0. The number of aryl methyl sites for hydroxylation is 4. The SMILES string of the molecule is COC(=O)c1cc(F)cc2c1C(=O)[C@@H](c1ncnn1C)[C@H](c1ccc(F)cc1)N2.COC(=O)c1cc(F)cc2c1C(=O)[C@H](c1ncnn1C)[C@@H](c1ccc(F)cc1)N2.Cn1ncnc1[C@@H]1C2=NCC(=O)c3cc(F)cc(c32)N[C@H]1c1ccc(F)cc1.Cn1ncnc1[C@H]1C2=NCC(=O)c3cc(F)cc(c32)N[C@@H]1c1ccc(F)cc1. The van der Waals surface area contributed by atoms with Crippen LogP contribution in [0.2, 0.25) is 0 Å². The molecule has 114 heavy (non-hydrogen) atoms. The average molecular weight is 1560 g/mol. The van der Waals surface area contributed by atoms with Crippen molar-refractivity contribution in [3.8, 4) is 0 Å². The van der Waals surface area contributed by atoms with Crippen LogP contribution in [0.1, 0.15) is 167 Å². The maximum Gasteiger partial charge on any atom is 0.338 e. The number of ether oxygens (including phenoxy) is 2. The van der Waals surface area contributed by atoms with Gasteiger partial charge in [0.05, 0.1) is 83.9 Å². The first kappa shape index (κ1) is 75.3. The van der Waals surface area contributed by atoms with Gasteiger partial charge in [0.25, 0.3) is 0 Å². The van der Waals surface area contributed by atoms with Crippen molar-refractivity contribution in [1.29, 1.82) is 0 Å². The fraction of sp³-hybridized carbons (Fsp3) is 0.200. The van der Waals surface area contributed by atoms with Crippen LogP contribution in [0.5, 0.6) is 0 Å². The Bertz CT molecular complexity index is 5570. The summed E-state index contributed by atoms with van der Waals surface area (Å²) in [4.78, 5) is 102. The predicted octanol–water partition coefficient (Wildman–Crippen LogP) is 12.1. The molecule has 0 bridgehead atoms. The number of aliphatic imine (C=N–C) groups is 2. The van der Waals surface area contributed by atoms with Gasteiger partial charge in [-0.1, -0.05) is 48.5 Å². The number of ketones is 4. The first-order valence-corrected chi connectivity index (χ1v) is 35.0. The number of benzene rings is 8. The minimum absolute atomic E-state index is 0.0182. The highest BCUT2D eigenvalue weighted by atomic mass is 19.2. The van der Waals surface area contributed by atoms with Gasteiger partial charge in [-0.25, -0.2) is 64.6 Å². The summed E-state index contributed by atoms with van der Waals surface area (Å²) in [5.74, 6) is -7.41. The van der Waals surface area contributed by atoms with Crippen molar-refractivity contribution in [1.82, 2.24) is 59.1 Å². The molecular weight excluding hydrogens is 1490 g/mol. The zero-order valence-electron chi connectivity index (χ0n) is 60.7. The summed E-state index contributed by atoms with van der Waals surface area (Å²) < 4.78 is 126. The first-order valence-electron chi connectivity index (χ1n) is 35.0. The van der Waals surface area contributed by atoms with Gasteiger partial charge in [-0.05, 0) is 119 Å². The highest BCUT2D eigenvalue weighted by molar-refractivity contribution is 6.23. The van der Waals surface area contributed by atoms with E-state index in [-0.39, 0.29) is 93.8 Å². The van der Waals surface area contributed by atoms with Crippen molar-refractivity contribution in [2.24, 2.45) is 38.2 Å². The summed E-state index contributed by atoms with van der Waals surface area (Å²) in [7, 11) is 9.14. The summed E-state index contributed by atoms with van der Waals surface area (Å²) in [6.07, 6.45) is 5.52. The number of aromatic nitrogens is 12. The van der Waals surface area contributed by atoms with Crippen molar-refractivity contribution in [3.63, 3.8) is 0 Å². The molecule has 4 N–H and O–H groups in total. The number of carbonyl (C=O) groups is 6. The molecule has 0 fully saturated rings. The zero-order valence-corrected chi connectivity index (χ0v) is 60.7. The number of anilines is 4. The third-order valence-electron chi connectivity index (χ3n) is 20.4. The quantitative estimate of drug-likeness (QED) is 0.0730. The smallest absolute Gasteiger partial charge is 0.338 e. The van der Waals surface area contributed by atoms with Crippen LogP contribution < -0.4 is 21.3 Å². The molecule has 0 radical (unpaired) electrons. The summed E-state index contributed by atoms with van der Waals surface area (Å²) in [6.45, 7) is -0.0918. The number of carbonyl (C=O) groups excluding carboxylic acids is 6. The number of fused-ring (bicyclic) bond motifs is 2. The van der Waals surface area contributed by atoms with Gasteiger partial charge in [0, 0.05) is 73.2 Å². The largest absolute Gasteiger partial charge is 0.465 e. The number of nitrogens with one attached hydrogen (secondary N) is 4. The number of nitrogens with zero attached hydrogens (tertiary/aromatic N) is 14. The molecule has 8 atom stereocenters. The van der Waals surface area contributed by atoms with Crippen LogP contribution in [-0.2, 0) is 37.7 Å². The van der Waals surface area contributed by atoms with Crippen molar-refractivity contribution >= 4 is 69.2 Å². The standard InChI is InChI=1S/2C20H15F2N5O.2C20H16F2N4O3/c2*1-27-20(24-9-25-27)17-18(10-2-4-11(21)5-3-10)26-14-7-12(22)6-13-15(28)8-23-19(17)16(13)14;2*1-26-19(23-9-24-26)16-17(10-3-5-11(21)6-4-10)25-14-8-12(22)7-13(20(28)29-2)15(14)18(16)27/h2*2-7,9,17-18,26H,8H2,1H3;2*3-9,16-17,25H,1-2H3/t2*17-,18-;2*16-,17-/m1010/s1. The summed E-state index contributed by atoms with van der Waals surface area (Å²) in [5.41, 5.74) is 6.93. The molecular formula is C80H62F8N18O8. The van der Waals surface area contributed by atoms with E-state index in [1.165, 1.54) is 132 Å². The van der Waals surface area contributed by atoms with Crippen LogP contribution in [-0.4, -0.2) is 133 Å². The number of halogens is 8. The van der Waals surface area contributed by atoms with Gasteiger partial charge in [-0.2, -0.15) is 20.4 Å². The lowest BCUT2D eigenvalue weighted by atomic mass is 9.78.